The van der Waals surface area contributed by atoms with Crippen molar-refractivity contribution < 1.29 is 9.32 Å². The molecule has 27 heavy (non-hydrogen) atoms. The predicted octanol–water partition coefficient (Wildman–Crippen LogP) is 3.01. The van der Waals surface area contributed by atoms with Crippen LogP contribution in [0.2, 0.25) is 0 Å². The van der Waals surface area contributed by atoms with E-state index in [4.69, 9.17) is 4.52 Å². The van der Waals surface area contributed by atoms with Crippen molar-refractivity contribution in [1.82, 2.24) is 20.0 Å². The Morgan fingerprint density at radius 1 is 1.19 bits per heavy atom. The highest BCUT2D eigenvalue weighted by molar-refractivity contribution is 6.06. The van der Waals surface area contributed by atoms with Gasteiger partial charge in [-0.15, -0.1) is 0 Å². The average molecular weight is 365 g/mol. The largest absolute Gasteiger partial charge is 0.353 e. The molecule has 0 bridgehead atoms. The monoisotopic (exact) mass is 365 g/mol. The first kappa shape index (κ1) is 17.5. The molecule has 1 fully saturated rings. The van der Waals surface area contributed by atoms with Crippen LogP contribution >= 0.6 is 0 Å². The fraction of sp³-hybridized carbons (Fsp3) is 0.400. The number of aromatic nitrogens is 3. The normalized spacial score (nSPS) is 15.0. The number of fused-ring (bicyclic) bond motifs is 1. The van der Waals surface area contributed by atoms with E-state index < -0.39 is 0 Å². The molecule has 0 atom stereocenters. The summed E-state index contributed by atoms with van der Waals surface area (Å²) in [6.07, 6.45) is 1.79. The molecule has 0 unspecified atom stereocenters. The third-order valence-electron chi connectivity index (χ3n) is 5.00. The second-order valence-electron chi connectivity index (χ2n) is 7.16. The number of hydrogen-bond donors (Lipinski definition) is 0. The maximum Gasteiger partial charge on any atom is 0.259 e. The van der Waals surface area contributed by atoms with Gasteiger partial charge in [-0.25, -0.2) is 9.97 Å². The molecular formula is C20H23N5O2. The van der Waals surface area contributed by atoms with Crippen molar-refractivity contribution in [3.8, 4) is 0 Å². The molecule has 0 radical (unpaired) electrons. The van der Waals surface area contributed by atoms with Crippen LogP contribution < -0.4 is 4.90 Å². The molecule has 3 aromatic rings. The van der Waals surface area contributed by atoms with E-state index >= 15 is 0 Å². The second kappa shape index (κ2) is 6.98. The Hall–Kier alpha value is -2.96. The Bertz CT molecular complexity index is 959. The highest BCUT2D eigenvalue weighted by Crippen LogP contribution is 2.26. The van der Waals surface area contributed by atoms with Gasteiger partial charge in [0.1, 0.15) is 5.82 Å². The summed E-state index contributed by atoms with van der Waals surface area (Å²) in [6, 6.07) is 7.78. The van der Waals surface area contributed by atoms with E-state index in [0.29, 0.717) is 30.1 Å². The van der Waals surface area contributed by atoms with Gasteiger partial charge in [-0.3, -0.25) is 4.79 Å². The third kappa shape index (κ3) is 3.25. The van der Waals surface area contributed by atoms with E-state index in [2.05, 4.69) is 33.9 Å². The molecule has 0 aliphatic carbocycles. The standard InChI is InChI=1S/C20H23N5O2/c1-13(2)16-12-15(18-14(3)23-27-19(18)22-16)20(26)25-10-8-24(9-11-25)17-6-4-5-7-21-17/h4-7,12-13H,8-11H2,1-3H3. The molecular weight excluding hydrogens is 342 g/mol. The van der Waals surface area contributed by atoms with E-state index in [1.54, 1.807) is 6.20 Å². The molecule has 1 aliphatic heterocycles. The average Bonchev–Trinajstić information content (AvgIpc) is 3.08. The van der Waals surface area contributed by atoms with E-state index in [-0.39, 0.29) is 11.8 Å². The summed E-state index contributed by atoms with van der Waals surface area (Å²) in [5.74, 6) is 1.16. The van der Waals surface area contributed by atoms with Gasteiger partial charge < -0.3 is 14.3 Å². The van der Waals surface area contributed by atoms with Gasteiger partial charge >= 0.3 is 0 Å². The zero-order valence-corrected chi connectivity index (χ0v) is 15.8. The molecule has 0 aromatic carbocycles. The molecule has 4 heterocycles. The van der Waals surface area contributed by atoms with Crippen molar-refractivity contribution in [3.05, 3.63) is 47.4 Å². The molecule has 4 rings (SSSR count). The van der Waals surface area contributed by atoms with Crippen LogP contribution in [0.15, 0.2) is 35.0 Å². The molecule has 1 aliphatic rings. The van der Waals surface area contributed by atoms with Gasteiger partial charge in [-0.2, -0.15) is 0 Å². The van der Waals surface area contributed by atoms with Gasteiger partial charge in [-0.05, 0) is 31.0 Å². The smallest absolute Gasteiger partial charge is 0.259 e. The van der Waals surface area contributed by atoms with Gasteiger partial charge in [-0.1, -0.05) is 25.1 Å². The van der Waals surface area contributed by atoms with Crippen molar-refractivity contribution in [1.29, 1.82) is 0 Å². The molecule has 140 valence electrons. The SMILES string of the molecule is Cc1noc2nc(C(C)C)cc(C(=O)N3CCN(c4ccccn4)CC3)c12. The number of pyridine rings is 2. The van der Waals surface area contributed by atoms with Gasteiger partial charge in [0.25, 0.3) is 11.6 Å². The summed E-state index contributed by atoms with van der Waals surface area (Å²) < 4.78 is 5.34. The van der Waals surface area contributed by atoms with Crippen LogP contribution in [0, 0.1) is 6.92 Å². The summed E-state index contributed by atoms with van der Waals surface area (Å²) in [5.41, 5.74) is 2.61. The number of anilines is 1. The lowest BCUT2D eigenvalue weighted by Crippen LogP contribution is -2.49. The summed E-state index contributed by atoms with van der Waals surface area (Å²) >= 11 is 0. The predicted molar refractivity (Wildman–Crippen MR) is 103 cm³/mol. The summed E-state index contributed by atoms with van der Waals surface area (Å²) in [7, 11) is 0. The van der Waals surface area contributed by atoms with E-state index in [1.807, 2.05) is 36.1 Å². The lowest BCUT2D eigenvalue weighted by Gasteiger charge is -2.35. The maximum atomic E-state index is 13.3. The van der Waals surface area contributed by atoms with Crippen LogP contribution in [0.3, 0.4) is 0 Å². The lowest BCUT2D eigenvalue weighted by atomic mass is 10.0. The van der Waals surface area contributed by atoms with Crippen LogP contribution in [0.1, 0.15) is 41.5 Å². The maximum absolute atomic E-state index is 13.3. The Morgan fingerprint density at radius 2 is 1.96 bits per heavy atom. The molecule has 1 amide bonds. The molecule has 3 aromatic heterocycles. The summed E-state index contributed by atoms with van der Waals surface area (Å²) in [6.45, 7) is 8.78. The molecule has 0 saturated carbocycles. The minimum Gasteiger partial charge on any atom is -0.353 e. The number of carbonyl (C=O) groups is 1. The molecule has 0 spiro atoms. The first-order valence-corrected chi connectivity index (χ1v) is 9.26. The lowest BCUT2D eigenvalue weighted by molar-refractivity contribution is 0.0748. The van der Waals surface area contributed by atoms with E-state index in [9.17, 15) is 4.79 Å². The number of nitrogens with zero attached hydrogens (tertiary/aromatic N) is 5. The number of carbonyl (C=O) groups excluding carboxylic acids is 1. The minimum absolute atomic E-state index is 0.0104. The second-order valence-corrected chi connectivity index (χ2v) is 7.16. The van der Waals surface area contributed by atoms with Gasteiger partial charge in [0, 0.05) is 38.1 Å². The molecule has 7 heteroatoms. The van der Waals surface area contributed by atoms with Gasteiger partial charge in [0.15, 0.2) is 0 Å². The van der Waals surface area contributed by atoms with Crippen LogP contribution in [0.5, 0.6) is 0 Å². The van der Waals surface area contributed by atoms with Crippen molar-refractivity contribution in [2.75, 3.05) is 31.1 Å². The first-order valence-electron chi connectivity index (χ1n) is 9.26. The Balaban J connectivity index is 1.59. The van der Waals surface area contributed by atoms with Crippen molar-refractivity contribution >= 4 is 22.8 Å². The zero-order chi connectivity index (χ0) is 19.0. The van der Waals surface area contributed by atoms with Crippen LogP contribution in [-0.2, 0) is 0 Å². The summed E-state index contributed by atoms with van der Waals surface area (Å²) in [5, 5.41) is 4.73. The third-order valence-corrected chi connectivity index (χ3v) is 5.00. The topological polar surface area (TPSA) is 75.4 Å². The highest BCUT2D eigenvalue weighted by atomic mass is 16.5. The van der Waals surface area contributed by atoms with Gasteiger partial charge in [0.05, 0.1) is 16.6 Å². The quantitative estimate of drug-likeness (QED) is 0.710. The van der Waals surface area contributed by atoms with Crippen LogP contribution in [0.4, 0.5) is 5.82 Å². The van der Waals surface area contributed by atoms with E-state index in [0.717, 1.165) is 30.0 Å². The molecule has 0 N–H and O–H groups in total. The Labute approximate surface area is 158 Å². The Morgan fingerprint density at radius 3 is 2.63 bits per heavy atom. The Kier molecular flexibility index (Phi) is 4.51. The number of amides is 1. The minimum atomic E-state index is 0.0104. The number of rotatable bonds is 3. The highest BCUT2D eigenvalue weighted by Gasteiger charge is 2.27. The van der Waals surface area contributed by atoms with Crippen molar-refractivity contribution in [3.63, 3.8) is 0 Å². The van der Waals surface area contributed by atoms with Crippen molar-refractivity contribution in [2.45, 2.75) is 26.7 Å². The first-order chi connectivity index (χ1) is 13.0. The van der Waals surface area contributed by atoms with Crippen LogP contribution in [-0.4, -0.2) is 52.1 Å². The van der Waals surface area contributed by atoms with Crippen LogP contribution in [0.25, 0.3) is 11.1 Å². The molecule has 1 saturated heterocycles. The zero-order valence-electron chi connectivity index (χ0n) is 15.8. The fourth-order valence-electron chi connectivity index (χ4n) is 3.43. The number of hydrogen-bond acceptors (Lipinski definition) is 6. The number of piperazine rings is 1. The number of aryl methyl sites for hydroxylation is 1. The molecule has 7 nitrogen and oxygen atoms in total. The summed E-state index contributed by atoms with van der Waals surface area (Å²) in [4.78, 5) is 26.3. The fourth-order valence-corrected chi connectivity index (χ4v) is 3.43. The van der Waals surface area contributed by atoms with Crippen molar-refractivity contribution in [2.24, 2.45) is 0 Å². The van der Waals surface area contributed by atoms with E-state index in [1.165, 1.54) is 0 Å². The van der Waals surface area contributed by atoms with Gasteiger partial charge in [0.2, 0.25) is 0 Å².